The first-order chi connectivity index (χ1) is 22.4. The van der Waals surface area contributed by atoms with Crippen molar-refractivity contribution in [1.29, 1.82) is 0 Å². The van der Waals surface area contributed by atoms with Crippen LogP contribution in [0.3, 0.4) is 0 Å². The predicted octanol–water partition coefficient (Wildman–Crippen LogP) is 4.50. The second kappa shape index (κ2) is 24.3. The highest BCUT2D eigenvalue weighted by Crippen LogP contribution is 2.44. The number of amides is 1. The summed E-state index contributed by atoms with van der Waals surface area (Å²) in [6, 6.07) is -2.94. The van der Waals surface area contributed by atoms with Crippen LogP contribution in [0.25, 0.3) is 0 Å². The van der Waals surface area contributed by atoms with Gasteiger partial charge in [-0.2, -0.15) is 0 Å². The Morgan fingerprint density at radius 2 is 1.40 bits per heavy atom. The molecular formula is C31H55N4O11P. The number of carbonyl (C=O) groups excluding carboxylic acids is 3. The molecule has 270 valence electrons. The molecule has 47 heavy (non-hydrogen) atoms. The highest BCUT2D eigenvalue weighted by atomic mass is 31.2. The Morgan fingerprint density at radius 1 is 0.894 bits per heavy atom. The lowest BCUT2D eigenvalue weighted by Gasteiger charge is -2.23. The number of phosphoric ester groups is 1. The number of carboxylic acid groups (broad SMARTS) is 1. The van der Waals surface area contributed by atoms with Gasteiger partial charge in [0.1, 0.15) is 19.3 Å². The second-order valence-electron chi connectivity index (χ2n) is 11.6. The van der Waals surface area contributed by atoms with Crippen molar-refractivity contribution >= 4 is 31.6 Å². The molecule has 4 atom stereocenters. The molecule has 0 aliphatic rings. The van der Waals surface area contributed by atoms with E-state index in [-0.39, 0.29) is 12.8 Å². The van der Waals surface area contributed by atoms with Crippen molar-refractivity contribution in [3.8, 4) is 0 Å². The summed E-state index contributed by atoms with van der Waals surface area (Å²) >= 11 is 0. The lowest BCUT2D eigenvalue weighted by Crippen LogP contribution is -2.51. The predicted molar refractivity (Wildman–Crippen MR) is 173 cm³/mol. The fourth-order valence-corrected chi connectivity index (χ4v) is 5.38. The maximum Gasteiger partial charge on any atom is 0.472 e. The third-order valence-corrected chi connectivity index (χ3v) is 8.50. The van der Waals surface area contributed by atoms with Crippen LogP contribution < -0.4 is 11.1 Å². The van der Waals surface area contributed by atoms with Crippen LogP contribution in [0.2, 0.25) is 0 Å². The molecule has 1 aromatic heterocycles. The summed E-state index contributed by atoms with van der Waals surface area (Å²) in [6.45, 7) is 3.88. The van der Waals surface area contributed by atoms with E-state index >= 15 is 0 Å². The van der Waals surface area contributed by atoms with Crippen molar-refractivity contribution in [3.05, 3.63) is 18.2 Å². The molecule has 1 aromatic rings. The first-order valence-corrected chi connectivity index (χ1v) is 18.1. The number of carboxylic acids is 1. The third-order valence-electron chi connectivity index (χ3n) is 7.46. The first kappa shape index (κ1) is 42.2. The van der Waals surface area contributed by atoms with Gasteiger partial charge in [0.15, 0.2) is 6.04 Å². The van der Waals surface area contributed by atoms with Crippen LogP contribution in [0.5, 0.6) is 0 Å². The zero-order chi connectivity index (χ0) is 35.1. The maximum atomic E-state index is 12.8. The number of nitrogens with zero attached hydrogens (tertiary/aromatic N) is 1. The van der Waals surface area contributed by atoms with Gasteiger partial charge in [-0.3, -0.25) is 23.4 Å². The van der Waals surface area contributed by atoms with Gasteiger partial charge in [0.2, 0.25) is 5.91 Å². The third kappa shape index (κ3) is 19.5. The van der Waals surface area contributed by atoms with Crippen LogP contribution in [-0.4, -0.2) is 81.8 Å². The van der Waals surface area contributed by atoms with Gasteiger partial charge in [-0.25, -0.2) is 14.3 Å². The molecule has 15 nitrogen and oxygen atoms in total. The topological polar surface area (TPSA) is 229 Å². The molecule has 0 spiro atoms. The normalized spacial score (nSPS) is 14.6. The van der Waals surface area contributed by atoms with Crippen LogP contribution in [0, 0.1) is 0 Å². The van der Waals surface area contributed by atoms with Crippen LogP contribution in [0.15, 0.2) is 12.5 Å². The first-order valence-electron chi connectivity index (χ1n) is 16.6. The van der Waals surface area contributed by atoms with Gasteiger partial charge in [0.25, 0.3) is 0 Å². The fourth-order valence-electron chi connectivity index (χ4n) is 4.49. The summed E-state index contributed by atoms with van der Waals surface area (Å²) in [7, 11) is -5.00. The second-order valence-corrected chi connectivity index (χ2v) is 13.0. The molecule has 4 unspecified atom stereocenters. The van der Waals surface area contributed by atoms with E-state index in [0.29, 0.717) is 18.5 Å². The zero-order valence-electron chi connectivity index (χ0n) is 28.0. The van der Waals surface area contributed by atoms with Crippen LogP contribution in [-0.2, 0) is 42.3 Å². The minimum absolute atomic E-state index is 0.144. The number of esters is 2. The number of imidazole rings is 1. The number of H-pyrrole nitrogens is 1. The summed E-state index contributed by atoms with van der Waals surface area (Å²) < 4.78 is 33.3. The Morgan fingerprint density at radius 3 is 1.87 bits per heavy atom. The van der Waals surface area contributed by atoms with Gasteiger partial charge < -0.3 is 35.5 Å². The van der Waals surface area contributed by atoms with Gasteiger partial charge in [-0.15, -0.1) is 0 Å². The van der Waals surface area contributed by atoms with E-state index in [2.05, 4.69) is 29.1 Å². The molecular weight excluding hydrogens is 635 g/mol. The van der Waals surface area contributed by atoms with Crippen molar-refractivity contribution < 1.29 is 52.3 Å². The summed E-state index contributed by atoms with van der Waals surface area (Å²) in [4.78, 5) is 66.1. The van der Waals surface area contributed by atoms with Crippen LogP contribution in [0.1, 0.15) is 122 Å². The Kier molecular flexibility index (Phi) is 21.8. The maximum absolute atomic E-state index is 12.8. The van der Waals surface area contributed by atoms with E-state index in [4.69, 9.17) is 24.3 Å². The van der Waals surface area contributed by atoms with E-state index < -0.39 is 75.6 Å². The van der Waals surface area contributed by atoms with E-state index in [9.17, 15) is 33.7 Å². The van der Waals surface area contributed by atoms with E-state index in [1.54, 1.807) is 13.1 Å². The molecule has 0 aliphatic heterocycles. The molecule has 0 fully saturated rings. The smallest absolute Gasteiger partial charge is 0.472 e. The molecule has 0 bridgehead atoms. The summed E-state index contributed by atoms with van der Waals surface area (Å²) in [5, 5.41) is 11.8. The number of hydrogen-bond acceptors (Lipinski definition) is 11. The lowest BCUT2D eigenvalue weighted by atomic mass is 9.99. The number of nitrogens with one attached hydrogen (secondary N) is 2. The monoisotopic (exact) mass is 690 g/mol. The number of rotatable bonds is 28. The summed E-state index contributed by atoms with van der Waals surface area (Å²) in [5.41, 5.74) is 6.45. The number of carbonyl (C=O) groups is 4. The van der Waals surface area contributed by atoms with E-state index in [0.717, 1.165) is 64.2 Å². The number of hydrogen-bond donors (Lipinski definition) is 5. The fraction of sp³-hybridized carbons (Fsp3) is 0.774. The van der Waals surface area contributed by atoms with Crippen molar-refractivity contribution in [2.75, 3.05) is 19.8 Å². The molecule has 0 saturated carbocycles. The molecule has 0 radical (unpaired) electrons. The SMILES string of the molecule is CCCCCCCCC(=O)OCC(COC(=O)CCCCCCCC)OP(=O)(O)OCC(NC(=O)C(N)C(C)c1c[nH]cn1)C(=O)O. The molecule has 0 aliphatic carbocycles. The minimum atomic E-state index is -5.00. The van der Waals surface area contributed by atoms with Crippen molar-refractivity contribution in [3.63, 3.8) is 0 Å². The molecule has 1 heterocycles. The standard InChI is InChI=1S/C31H55N4O11P/c1-4-6-8-10-12-14-16-27(36)43-19-24(20-44-28(37)17-15-13-11-9-7-5-2)46-47(41,42)45-21-26(31(39)40)35-30(38)29(32)23(3)25-18-33-22-34-25/h18,22-24,26,29H,4-17,19-21,32H2,1-3H3,(H,33,34)(H,35,38)(H,39,40)(H,41,42). The number of aromatic nitrogens is 2. The molecule has 1 amide bonds. The molecule has 0 aromatic carbocycles. The average molecular weight is 691 g/mol. The Hall–Kier alpha value is -2.84. The Bertz CT molecular complexity index is 1060. The van der Waals surface area contributed by atoms with E-state index in [1.807, 2.05) is 0 Å². The zero-order valence-corrected chi connectivity index (χ0v) is 28.9. The van der Waals surface area contributed by atoms with Crippen LogP contribution in [0.4, 0.5) is 0 Å². The highest BCUT2D eigenvalue weighted by molar-refractivity contribution is 7.47. The number of aromatic amines is 1. The molecule has 0 saturated heterocycles. The van der Waals surface area contributed by atoms with Crippen molar-refractivity contribution in [2.45, 2.75) is 135 Å². The van der Waals surface area contributed by atoms with Gasteiger partial charge in [-0.1, -0.05) is 85.0 Å². The minimum Gasteiger partial charge on any atom is -0.480 e. The quantitative estimate of drug-likeness (QED) is 0.0464. The Labute approximate surface area is 277 Å². The van der Waals surface area contributed by atoms with Gasteiger partial charge in [0.05, 0.1) is 24.7 Å². The van der Waals surface area contributed by atoms with Gasteiger partial charge in [-0.05, 0) is 12.8 Å². The van der Waals surface area contributed by atoms with Gasteiger partial charge in [0, 0.05) is 25.0 Å². The average Bonchev–Trinajstić information content (AvgIpc) is 3.58. The van der Waals surface area contributed by atoms with Crippen molar-refractivity contribution in [1.82, 2.24) is 15.3 Å². The largest absolute Gasteiger partial charge is 0.480 e. The number of nitrogens with two attached hydrogens (primary N) is 1. The van der Waals surface area contributed by atoms with Crippen molar-refractivity contribution in [2.24, 2.45) is 5.73 Å². The number of ether oxygens (including phenoxy) is 2. The molecule has 1 rings (SSSR count). The number of phosphoric acid groups is 1. The highest BCUT2D eigenvalue weighted by Gasteiger charge is 2.33. The van der Waals surface area contributed by atoms with Crippen LogP contribution >= 0.6 is 7.82 Å². The molecule has 16 heteroatoms. The summed E-state index contributed by atoms with van der Waals surface area (Å²) in [5.74, 6) is -4.07. The Balaban J connectivity index is 2.73. The number of aliphatic carboxylic acids is 1. The number of unbranched alkanes of at least 4 members (excludes halogenated alkanes) is 10. The molecule has 6 N–H and O–H groups in total. The van der Waals surface area contributed by atoms with E-state index in [1.165, 1.54) is 6.33 Å². The lowest BCUT2D eigenvalue weighted by molar-refractivity contribution is -0.152. The summed E-state index contributed by atoms with van der Waals surface area (Å²) in [6.07, 6.45) is 13.5. The van der Waals surface area contributed by atoms with Gasteiger partial charge >= 0.3 is 25.7 Å².